The third-order valence-electron chi connectivity index (χ3n) is 3.01. The highest BCUT2D eigenvalue weighted by atomic mass is 16.5. The van der Waals surface area contributed by atoms with Crippen LogP contribution in [-0.4, -0.2) is 17.7 Å². The third kappa shape index (κ3) is 1.90. The van der Waals surface area contributed by atoms with Crippen molar-refractivity contribution in [3.63, 3.8) is 0 Å². The highest BCUT2D eigenvalue weighted by Crippen LogP contribution is 2.32. The van der Waals surface area contributed by atoms with Gasteiger partial charge in [0.25, 0.3) is 0 Å². The Balaban J connectivity index is 2.35. The van der Waals surface area contributed by atoms with E-state index in [-0.39, 0.29) is 5.92 Å². The Morgan fingerprint density at radius 1 is 1.44 bits per heavy atom. The van der Waals surface area contributed by atoms with Gasteiger partial charge in [-0.2, -0.15) is 0 Å². The number of rotatable bonds is 3. The van der Waals surface area contributed by atoms with E-state index in [1.165, 1.54) is 5.56 Å². The molecular weight excluding hydrogens is 204 g/mol. The van der Waals surface area contributed by atoms with Crippen molar-refractivity contribution in [3.8, 4) is 5.75 Å². The Labute approximate surface area is 95.0 Å². The lowest BCUT2D eigenvalue weighted by molar-refractivity contribution is -0.139. The fraction of sp³-hybridized carbons (Fsp3) is 0.462. The van der Waals surface area contributed by atoms with Crippen LogP contribution in [0.15, 0.2) is 18.2 Å². The lowest BCUT2D eigenvalue weighted by atomic mass is 9.88. The molecule has 16 heavy (non-hydrogen) atoms. The van der Waals surface area contributed by atoms with Gasteiger partial charge in [0.05, 0.1) is 12.5 Å². The minimum Gasteiger partial charge on any atom is -0.493 e. The summed E-state index contributed by atoms with van der Waals surface area (Å²) >= 11 is 0. The van der Waals surface area contributed by atoms with E-state index in [0.717, 1.165) is 17.7 Å². The molecule has 1 aliphatic rings. The summed E-state index contributed by atoms with van der Waals surface area (Å²) in [6.45, 7) is 4.55. The summed E-state index contributed by atoms with van der Waals surface area (Å²) in [7, 11) is 0. The van der Waals surface area contributed by atoms with E-state index in [9.17, 15) is 9.90 Å². The number of carboxylic acid groups (broad SMARTS) is 1. The van der Waals surface area contributed by atoms with E-state index in [0.29, 0.717) is 6.61 Å². The summed E-state index contributed by atoms with van der Waals surface area (Å²) in [4.78, 5) is 11.2. The molecular formula is C13H16O3. The van der Waals surface area contributed by atoms with Crippen molar-refractivity contribution < 1.29 is 14.6 Å². The molecule has 3 heteroatoms. The van der Waals surface area contributed by atoms with Crippen LogP contribution in [0.3, 0.4) is 0 Å². The Hall–Kier alpha value is -1.51. The third-order valence-corrected chi connectivity index (χ3v) is 3.01. The SMILES string of the molecule is CC(C)C(C(=O)O)c1ccc2c(c1)OCC2. The van der Waals surface area contributed by atoms with Crippen molar-refractivity contribution in [3.05, 3.63) is 29.3 Å². The number of benzene rings is 1. The average molecular weight is 220 g/mol. The van der Waals surface area contributed by atoms with Crippen molar-refractivity contribution in [2.45, 2.75) is 26.2 Å². The molecule has 3 nitrogen and oxygen atoms in total. The fourth-order valence-corrected chi connectivity index (χ4v) is 2.19. The fourth-order valence-electron chi connectivity index (χ4n) is 2.19. The van der Waals surface area contributed by atoms with Gasteiger partial charge in [0.15, 0.2) is 0 Å². The summed E-state index contributed by atoms with van der Waals surface area (Å²) in [6.07, 6.45) is 0.926. The molecule has 1 aromatic carbocycles. The van der Waals surface area contributed by atoms with Crippen LogP contribution in [0, 0.1) is 5.92 Å². The maximum atomic E-state index is 11.2. The summed E-state index contributed by atoms with van der Waals surface area (Å²) in [6, 6.07) is 5.77. The second-order valence-electron chi connectivity index (χ2n) is 4.53. The molecule has 86 valence electrons. The van der Waals surface area contributed by atoms with Crippen molar-refractivity contribution in [2.75, 3.05) is 6.61 Å². The van der Waals surface area contributed by atoms with Crippen LogP contribution in [0.1, 0.15) is 30.9 Å². The molecule has 0 spiro atoms. The van der Waals surface area contributed by atoms with Gasteiger partial charge in [-0.15, -0.1) is 0 Å². The van der Waals surface area contributed by atoms with Gasteiger partial charge < -0.3 is 9.84 Å². The van der Waals surface area contributed by atoms with E-state index in [4.69, 9.17) is 4.74 Å². The first-order chi connectivity index (χ1) is 7.59. The number of hydrogen-bond acceptors (Lipinski definition) is 2. The molecule has 0 aliphatic carbocycles. The van der Waals surface area contributed by atoms with Crippen LogP contribution < -0.4 is 4.74 Å². The van der Waals surface area contributed by atoms with E-state index >= 15 is 0 Å². The highest BCUT2D eigenvalue weighted by Gasteiger charge is 2.25. The number of carboxylic acids is 1. The molecule has 0 saturated carbocycles. The number of ether oxygens (including phenoxy) is 1. The Morgan fingerprint density at radius 2 is 2.19 bits per heavy atom. The molecule has 1 unspecified atom stereocenters. The lowest BCUT2D eigenvalue weighted by Gasteiger charge is -2.17. The smallest absolute Gasteiger partial charge is 0.311 e. The predicted molar refractivity (Wildman–Crippen MR) is 60.9 cm³/mol. The predicted octanol–water partition coefficient (Wildman–Crippen LogP) is 2.45. The minimum atomic E-state index is -0.770. The zero-order chi connectivity index (χ0) is 11.7. The van der Waals surface area contributed by atoms with E-state index < -0.39 is 11.9 Å². The topological polar surface area (TPSA) is 46.5 Å². The standard InChI is InChI=1S/C13H16O3/c1-8(2)12(13(14)15)10-4-3-9-5-6-16-11(9)7-10/h3-4,7-8,12H,5-6H2,1-2H3,(H,14,15). The Bertz CT molecular complexity index is 410. The van der Waals surface area contributed by atoms with Crippen molar-refractivity contribution >= 4 is 5.97 Å². The monoisotopic (exact) mass is 220 g/mol. The van der Waals surface area contributed by atoms with E-state index in [1.807, 2.05) is 32.0 Å². The largest absolute Gasteiger partial charge is 0.493 e. The van der Waals surface area contributed by atoms with Crippen LogP contribution in [0.2, 0.25) is 0 Å². The molecule has 0 aromatic heterocycles. The summed E-state index contributed by atoms with van der Waals surface area (Å²) < 4.78 is 5.46. The van der Waals surface area contributed by atoms with E-state index in [1.54, 1.807) is 0 Å². The van der Waals surface area contributed by atoms with Gasteiger partial charge in [-0.25, -0.2) is 0 Å². The molecule has 0 fully saturated rings. The minimum absolute atomic E-state index is 0.0805. The first kappa shape index (κ1) is 11.0. The summed E-state index contributed by atoms with van der Waals surface area (Å²) in [5.41, 5.74) is 2.01. The molecule has 0 amide bonds. The molecule has 0 radical (unpaired) electrons. The maximum Gasteiger partial charge on any atom is 0.311 e. The summed E-state index contributed by atoms with van der Waals surface area (Å²) in [5, 5.41) is 9.20. The zero-order valence-corrected chi connectivity index (χ0v) is 9.56. The molecule has 2 rings (SSSR count). The first-order valence-electron chi connectivity index (χ1n) is 5.58. The van der Waals surface area contributed by atoms with Gasteiger partial charge in [0.1, 0.15) is 5.75 Å². The van der Waals surface area contributed by atoms with Crippen LogP contribution in [0.25, 0.3) is 0 Å². The average Bonchev–Trinajstić information content (AvgIpc) is 2.63. The van der Waals surface area contributed by atoms with Crippen LogP contribution in [-0.2, 0) is 11.2 Å². The molecule has 1 aliphatic heterocycles. The number of hydrogen-bond donors (Lipinski definition) is 1. The van der Waals surface area contributed by atoms with Crippen molar-refractivity contribution in [1.82, 2.24) is 0 Å². The van der Waals surface area contributed by atoms with Crippen LogP contribution >= 0.6 is 0 Å². The van der Waals surface area contributed by atoms with Gasteiger partial charge in [-0.3, -0.25) is 4.79 Å². The van der Waals surface area contributed by atoms with Crippen molar-refractivity contribution in [2.24, 2.45) is 5.92 Å². The molecule has 0 bridgehead atoms. The maximum absolute atomic E-state index is 11.2. The quantitative estimate of drug-likeness (QED) is 0.851. The number of carbonyl (C=O) groups is 1. The van der Waals surface area contributed by atoms with Gasteiger partial charge in [-0.05, 0) is 23.1 Å². The normalized spacial score (nSPS) is 15.7. The van der Waals surface area contributed by atoms with Gasteiger partial charge in [0, 0.05) is 6.42 Å². The molecule has 1 N–H and O–H groups in total. The van der Waals surface area contributed by atoms with Crippen molar-refractivity contribution in [1.29, 1.82) is 0 Å². The molecule has 0 saturated heterocycles. The molecule has 1 atom stereocenters. The zero-order valence-electron chi connectivity index (χ0n) is 9.56. The lowest BCUT2D eigenvalue weighted by Crippen LogP contribution is -2.17. The van der Waals surface area contributed by atoms with Crippen LogP contribution in [0.5, 0.6) is 5.75 Å². The molecule has 1 heterocycles. The van der Waals surface area contributed by atoms with Gasteiger partial charge in [0.2, 0.25) is 0 Å². The van der Waals surface area contributed by atoms with Gasteiger partial charge in [-0.1, -0.05) is 26.0 Å². The number of fused-ring (bicyclic) bond motifs is 1. The molecule has 1 aromatic rings. The second kappa shape index (κ2) is 4.16. The first-order valence-corrected chi connectivity index (χ1v) is 5.58. The van der Waals surface area contributed by atoms with Gasteiger partial charge >= 0.3 is 5.97 Å². The van der Waals surface area contributed by atoms with Crippen LogP contribution in [0.4, 0.5) is 0 Å². The highest BCUT2D eigenvalue weighted by molar-refractivity contribution is 5.76. The summed E-state index contributed by atoms with van der Waals surface area (Å²) in [5.74, 6) is -0.288. The van der Waals surface area contributed by atoms with E-state index in [2.05, 4.69) is 0 Å². The number of aliphatic carboxylic acids is 1. The Morgan fingerprint density at radius 3 is 2.81 bits per heavy atom. The second-order valence-corrected chi connectivity index (χ2v) is 4.53. The Kier molecular flexibility index (Phi) is 2.86.